The van der Waals surface area contributed by atoms with E-state index in [0.717, 1.165) is 16.8 Å². The molecule has 0 spiro atoms. The highest BCUT2D eigenvalue weighted by Crippen LogP contribution is 2.36. The van der Waals surface area contributed by atoms with Gasteiger partial charge in [-0.05, 0) is 52.8 Å². The lowest BCUT2D eigenvalue weighted by Gasteiger charge is -2.32. The van der Waals surface area contributed by atoms with E-state index in [1.807, 2.05) is 52.9 Å². The second kappa shape index (κ2) is 5.22. The molecular weight excluding hydrogens is 289 g/mol. The number of nitriles is 1. The van der Waals surface area contributed by atoms with Gasteiger partial charge >= 0.3 is 7.12 Å². The molecule has 1 aliphatic rings. The van der Waals surface area contributed by atoms with E-state index in [9.17, 15) is 0 Å². The van der Waals surface area contributed by atoms with Crippen LogP contribution in [0.5, 0.6) is 0 Å². The molecule has 0 bridgehead atoms. The predicted octanol–water partition coefficient (Wildman–Crippen LogP) is 2.35. The van der Waals surface area contributed by atoms with Crippen LogP contribution in [0.1, 0.15) is 39.0 Å². The summed E-state index contributed by atoms with van der Waals surface area (Å²) in [5.41, 5.74) is 2.44. The van der Waals surface area contributed by atoms with Gasteiger partial charge in [0.25, 0.3) is 0 Å². The van der Waals surface area contributed by atoms with E-state index in [-0.39, 0.29) is 11.2 Å². The average Bonchev–Trinajstić information content (AvgIpc) is 2.97. The third kappa shape index (κ3) is 2.67. The average molecular weight is 309 g/mol. The summed E-state index contributed by atoms with van der Waals surface area (Å²) in [6.07, 6.45) is 1.91. The minimum Gasteiger partial charge on any atom is -0.399 e. The summed E-state index contributed by atoms with van der Waals surface area (Å²) >= 11 is 0. The summed E-state index contributed by atoms with van der Waals surface area (Å²) in [4.78, 5) is 0. The second-order valence-electron chi connectivity index (χ2n) is 6.86. The molecule has 0 amide bonds. The van der Waals surface area contributed by atoms with Crippen LogP contribution in [0.15, 0.2) is 30.5 Å². The first-order valence-corrected chi connectivity index (χ1v) is 7.66. The van der Waals surface area contributed by atoms with E-state index in [1.165, 1.54) is 0 Å². The Hall–Kier alpha value is -2.10. The van der Waals surface area contributed by atoms with E-state index in [2.05, 4.69) is 11.2 Å². The quantitative estimate of drug-likeness (QED) is 0.799. The predicted molar refractivity (Wildman–Crippen MR) is 88.7 cm³/mol. The Kier molecular flexibility index (Phi) is 3.59. The molecule has 1 aromatic carbocycles. The maximum Gasteiger partial charge on any atom is 0.498 e. The molecule has 6 heteroatoms. The van der Waals surface area contributed by atoms with E-state index in [1.54, 1.807) is 16.8 Å². The van der Waals surface area contributed by atoms with Crippen molar-refractivity contribution in [1.29, 1.82) is 5.26 Å². The van der Waals surface area contributed by atoms with Gasteiger partial charge in [0.2, 0.25) is 0 Å². The van der Waals surface area contributed by atoms with Crippen LogP contribution in [0.25, 0.3) is 5.69 Å². The third-order valence-electron chi connectivity index (χ3n) is 4.68. The Labute approximate surface area is 137 Å². The fourth-order valence-corrected chi connectivity index (χ4v) is 2.53. The van der Waals surface area contributed by atoms with Crippen molar-refractivity contribution in [3.8, 4) is 11.8 Å². The Morgan fingerprint density at radius 2 is 1.83 bits per heavy atom. The molecule has 1 saturated heterocycles. The number of benzene rings is 1. The molecule has 0 N–H and O–H groups in total. The van der Waals surface area contributed by atoms with E-state index < -0.39 is 7.12 Å². The van der Waals surface area contributed by atoms with Gasteiger partial charge < -0.3 is 9.31 Å². The van der Waals surface area contributed by atoms with Crippen molar-refractivity contribution in [2.45, 2.75) is 45.8 Å². The van der Waals surface area contributed by atoms with Crippen LogP contribution in [0, 0.1) is 18.3 Å². The van der Waals surface area contributed by atoms with Gasteiger partial charge in [-0.15, -0.1) is 0 Å². The Balaban J connectivity index is 1.95. The number of hydrogen-bond acceptors (Lipinski definition) is 4. The maximum atomic E-state index is 9.04. The monoisotopic (exact) mass is 309 g/mol. The minimum atomic E-state index is -0.437. The van der Waals surface area contributed by atoms with Crippen molar-refractivity contribution in [3.63, 3.8) is 0 Å². The van der Waals surface area contributed by atoms with Gasteiger partial charge in [-0.1, -0.05) is 6.07 Å². The largest absolute Gasteiger partial charge is 0.498 e. The van der Waals surface area contributed by atoms with Crippen molar-refractivity contribution >= 4 is 12.6 Å². The standard InChI is InChI=1S/C17H20BN3O2/c1-12-15(18-22-16(2,3)17(4,5)23-18)11-21(20-12)14-8-6-7-13(9-14)10-19/h6-9,11H,1-5H3. The summed E-state index contributed by atoms with van der Waals surface area (Å²) < 4.78 is 14.0. The Morgan fingerprint density at radius 1 is 1.17 bits per heavy atom. The lowest BCUT2D eigenvalue weighted by molar-refractivity contribution is 0.00578. The fourth-order valence-electron chi connectivity index (χ4n) is 2.53. The van der Waals surface area contributed by atoms with E-state index in [4.69, 9.17) is 14.6 Å². The summed E-state index contributed by atoms with van der Waals surface area (Å²) in [6.45, 7) is 10.1. The lowest BCUT2D eigenvalue weighted by Crippen LogP contribution is -2.41. The first-order valence-electron chi connectivity index (χ1n) is 7.66. The van der Waals surface area contributed by atoms with Crippen molar-refractivity contribution in [2.75, 3.05) is 0 Å². The van der Waals surface area contributed by atoms with Gasteiger partial charge in [0.1, 0.15) is 0 Å². The van der Waals surface area contributed by atoms with Crippen molar-refractivity contribution < 1.29 is 9.31 Å². The Morgan fingerprint density at radius 3 is 2.43 bits per heavy atom. The summed E-state index contributed by atoms with van der Waals surface area (Å²) in [5.74, 6) is 0. The summed E-state index contributed by atoms with van der Waals surface area (Å²) in [7, 11) is -0.437. The topological polar surface area (TPSA) is 60.1 Å². The van der Waals surface area contributed by atoms with E-state index in [0.29, 0.717) is 5.56 Å². The van der Waals surface area contributed by atoms with Crippen LogP contribution in [-0.2, 0) is 9.31 Å². The zero-order valence-corrected chi connectivity index (χ0v) is 14.1. The number of hydrogen-bond donors (Lipinski definition) is 0. The highest BCUT2D eigenvalue weighted by atomic mass is 16.7. The SMILES string of the molecule is Cc1nn(-c2cccc(C#N)c2)cc1B1OC(C)(C)C(C)(C)O1. The lowest BCUT2D eigenvalue weighted by atomic mass is 9.79. The van der Waals surface area contributed by atoms with Crippen LogP contribution in [-0.4, -0.2) is 28.1 Å². The molecule has 1 fully saturated rings. The number of nitrogens with zero attached hydrogens (tertiary/aromatic N) is 3. The molecule has 23 heavy (non-hydrogen) atoms. The molecular formula is C17H20BN3O2. The van der Waals surface area contributed by atoms with Gasteiger partial charge in [0, 0.05) is 11.7 Å². The molecule has 5 nitrogen and oxygen atoms in total. The smallest absolute Gasteiger partial charge is 0.399 e. The zero-order chi connectivity index (χ0) is 16.8. The summed E-state index contributed by atoms with van der Waals surface area (Å²) in [6, 6.07) is 9.49. The van der Waals surface area contributed by atoms with Crippen molar-refractivity contribution in [3.05, 3.63) is 41.7 Å². The van der Waals surface area contributed by atoms with Gasteiger partial charge in [0.05, 0.1) is 34.2 Å². The third-order valence-corrected chi connectivity index (χ3v) is 4.68. The Bertz CT molecular complexity index is 773. The van der Waals surface area contributed by atoms with Crippen LogP contribution >= 0.6 is 0 Å². The molecule has 118 valence electrons. The summed E-state index contributed by atoms with van der Waals surface area (Å²) in [5, 5.41) is 13.6. The van der Waals surface area contributed by atoms with Crippen LogP contribution < -0.4 is 5.46 Å². The minimum absolute atomic E-state index is 0.382. The zero-order valence-electron chi connectivity index (χ0n) is 14.1. The first kappa shape index (κ1) is 15.8. The normalized spacial score (nSPS) is 18.9. The first-order chi connectivity index (χ1) is 10.7. The molecule has 0 aliphatic carbocycles. The molecule has 0 unspecified atom stereocenters. The van der Waals surface area contributed by atoms with Crippen LogP contribution in [0.2, 0.25) is 0 Å². The van der Waals surface area contributed by atoms with Gasteiger partial charge in [-0.25, -0.2) is 4.68 Å². The molecule has 1 aliphatic heterocycles. The maximum absolute atomic E-state index is 9.04. The molecule has 0 atom stereocenters. The molecule has 2 heterocycles. The highest BCUT2D eigenvalue weighted by Gasteiger charge is 2.52. The van der Waals surface area contributed by atoms with Gasteiger partial charge in [-0.3, -0.25) is 0 Å². The van der Waals surface area contributed by atoms with E-state index >= 15 is 0 Å². The van der Waals surface area contributed by atoms with Gasteiger partial charge in [-0.2, -0.15) is 10.4 Å². The molecule has 0 saturated carbocycles. The molecule has 3 rings (SSSR count). The second-order valence-corrected chi connectivity index (χ2v) is 6.86. The molecule has 2 aromatic rings. The molecule has 1 aromatic heterocycles. The molecule has 0 radical (unpaired) electrons. The number of aryl methyl sites for hydroxylation is 1. The number of aromatic nitrogens is 2. The van der Waals surface area contributed by atoms with Crippen molar-refractivity contribution in [2.24, 2.45) is 0 Å². The fraction of sp³-hybridized carbons (Fsp3) is 0.412. The highest BCUT2D eigenvalue weighted by molar-refractivity contribution is 6.62. The van der Waals surface area contributed by atoms with Gasteiger partial charge in [0.15, 0.2) is 0 Å². The van der Waals surface area contributed by atoms with Crippen LogP contribution in [0.3, 0.4) is 0 Å². The number of rotatable bonds is 2. The van der Waals surface area contributed by atoms with Crippen molar-refractivity contribution in [1.82, 2.24) is 9.78 Å². The van der Waals surface area contributed by atoms with Crippen LogP contribution in [0.4, 0.5) is 0 Å².